The number of benzene rings is 1. The minimum atomic E-state index is 0.110. The summed E-state index contributed by atoms with van der Waals surface area (Å²) in [5.41, 5.74) is 1.85. The van der Waals surface area contributed by atoms with E-state index in [2.05, 4.69) is 10.5 Å². The third kappa shape index (κ3) is 3.60. The Labute approximate surface area is 134 Å². The lowest BCUT2D eigenvalue weighted by Gasteiger charge is -2.31. The van der Waals surface area contributed by atoms with Gasteiger partial charge in [0.2, 0.25) is 5.91 Å². The summed E-state index contributed by atoms with van der Waals surface area (Å²) in [5.74, 6) is 0.502. The van der Waals surface area contributed by atoms with E-state index in [0.29, 0.717) is 10.9 Å². The molecule has 0 radical (unpaired) electrons. The lowest BCUT2D eigenvalue weighted by atomic mass is 9.94. The molecule has 1 aromatic carbocycles. The van der Waals surface area contributed by atoms with Crippen molar-refractivity contribution in [2.75, 3.05) is 25.0 Å². The highest BCUT2D eigenvalue weighted by Crippen LogP contribution is 2.26. The maximum atomic E-state index is 12.2. The number of anilines is 1. The zero-order valence-corrected chi connectivity index (χ0v) is 12.9. The van der Waals surface area contributed by atoms with Crippen molar-refractivity contribution in [3.05, 3.63) is 47.3 Å². The molecule has 1 aromatic heterocycles. The maximum absolute atomic E-state index is 12.2. The Morgan fingerprint density at radius 3 is 2.86 bits per heavy atom. The van der Waals surface area contributed by atoms with E-state index < -0.39 is 0 Å². The van der Waals surface area contributed by atoms with Gasteiger partial charge in [-0.05, 0) is 31.0 Å². The Kier molecular flexibility index (Phi) is 4.63. The van der Waals surface area contributed by atoms with Gasteiger partial charge in [0.15, 0.2) is 0 Å². The highest BCUT2D eigenvalue weighted by molar-refractivity contribution is 6.30. The SMILES string of the molecule is O=C(CNc1cccc(Cl)c1)N1CCC(c2ccon2)CC1. The summed E-state index contributed by atoms with van der Waals surface area (Å²) in [4.78, 5) is 14.1. The molecule has 2 heterocycles. The molecule has 0 saturated carbocycles. The zero-order valence-electron chi connectivity index (χ0n) is 12.2. The summed E-state index contributed by atoms with van der Waals surface area (Å²) in [6.07, 6.45) is 3.45. The monoisotopic (exact) mass is 319 g/mol. The first kappa shape index (κ1) is 14.9. The van der Waals surface area contributed by atoms with Gasteiger partial charge in [0, 0.05) is 35.8 Å². The molecule has 0 atom stereocenters. The van der Waals surface area contributed by atoms with Crippen LogP contribution in [0.4, 0.5) is 5.69 Å². The van der Waals surface area contributed by atoms with E-state index in [1.165, 1.54) is 0 Å². The number of hydrogen-bond donors (Lipinski definition) is 1. The summed E-state index contributed by atoms with van der Waals surface area (Å²) < 4.78 is 4.89. The van der Waals surface area contributed by atoms with Crippen LogP contribution in [0.1, 0.15) is 24.5 Å². The Hall–Kier alpha value is -2.01. The molecule has 0 unspecified atom stereocenters. The summed E-state index contributed by atoms with van der Waals surface area (Å²) in [6, 6.07) is 9.28. The second kappa shape index (κ2) is 6.83. The normalized spacial score (nSPS) is 15.8. The Bertz CT molecular complexity index is 622. The van der Waals surface area contributed by atoms with Crippen LogP contribution in [0, 0.1) is 0 Å². The molecule has 1 aliphatic heterocycles. The lowest BCUT2D eigenvalue weighted by Crippen LogP contribution is -2.40. The number of nitrogens with zero attached hydrogens (tertiary/aromatic N) is 2. The lowest BCUT2D eigenvalue weighted by molar-refractivity contribution is -0.130. The molecular weight excluding hydrogens is 302 g/mol. The van der Waals surface area contributed by atoms with Gasteiger partial charge in [-0.25, -0.2) is 0 Å². The molecule has 1 amide bonds. The molecule has 116 valence electrons. The van der Waals surface area contributed by atoms with Gasteiger partial charge in [0.1, 0.15) is 6.26 Å². The van der Waals surface area contributed by atoms with Gasteiger partial charge in [-0.2, -0.15) is 0 Å². The van der Waals surface area contributed by atoms with Crippen molar-refractivity contribution in [2.24, 2.45) is 0 Å². The summed E-state index contributed by atoms with van der Waals surface area (Å²) in [6.45, 7) is 1.80. The van der Waals surface area contributed by atoms with Crippen LogP contribution in [-0.2, 0) is 4.79 Å². The molecule has 1 saturated heterocycles. The second-order valence-corrected chi connectivity index (χ2v) is 5.88. The Morgan fingerprint density at radius 2 is 2.18 bits per heavy atom. The molecule has 1 N–H and O–H groups in total. The first-order valence-electron chi connectivity index (χ1n) is 7.40. The fourth-order valence-electron chi connectivity index (χ4n) is 2.75. The number of rotatable bonds is 4. The largest absolute Gasteiger partial charge is 0.376 e. The highest BCUT2D eigenvalue weighted by Gasteiger charge is 2.24. The third-order valence-corrected chi connectivity index (χ3v) is 4.23. The van der Waals surface area contributed by atoms with Crippen molar-refractivity contribution in [1.29, 1.82) is 0 Å². The number of piperidine rings is 1. The van der Waals surface area contributed by atoms with Gasteiger partial charge < -0.3 is 14.7 Å². The first-order valence-corrected chi connectivity index (χ1v) is 7.77. The van der Waals surface area contributed by atoms with Gasteiger partial charge in [0.05, 0.1) is 12.2 Å². The molecule has 22 heavy (non-hydrogen) atoms. The van der Waals surface area contributed by atoms with Crippen LogP contribution in [0.5, 0.6) is 0 Å². The topological polar surface area (TPSA) is 58.4 Å². The fourth-order valence-corrected chi connectivity index (χ4v) is 2.94. The molecular formula is C16H18ClN3O2. The predicted octanol–water partition coefficient (Wildman–Crippen LogP) is 3.15. The number of aromatic nitrogens is 1. The molecule has 0 aliphatic carbocycles. The van der Waals surface area contributed by atoms with Crippen molar-refractivity contribution in [3.63, 3.8) is 0 Å². The third-order valence-electron chi connectivity index (χ3n) is 3.99. The van der Waals surface area contributed by atoms with Gasteiger partial charge in [-0.1, -0.05) is 22.8 Å². The fraction of sp³-hybridized carbons (Fsp3) is 0.375. The van der Waals surface area contributed by atoms with E-state index in [1.54, 1.807) is 6.26 Å². The van der Waals surface area contributed by atoms with Crippen molar-refractivity contribution >= 4 is 23.2 Å². The Balaban J connectivity index is 1.48. The van der Waals surface area contributed by atoms with Crippen molar-refractivity contribution < 1.29 is 9.32 Å². The number of halogens is 1. The van der Waals surface area contributed by atoms with Crippen LogP contribution in [0.15, 0.2) is 41.1 Å². The molecule has 1 aliphatic rings. The van der Waals surface area contributed by atoms with Gasteiger partial charge in [-0.15, -0.1) is 0 Å². The number of carbonyl (C=O) groups excluding carboxylic acids is 1. The van der Waals surface area contributed by atoms with E-state index in [0.717, 1.165) is 37.3 Å². The summed E-state index contributed by atoms with van der Waals surface area (Å²) >= 11 is 5.92. The van der Waals surface area contributed by atoms with E-state index in [4.69, 9.17) is 16.1 Å². The standard InChI is InChI=1S/C16H18ClN3O2/c17-13-2-1-3-14(10-13)18-11-16(21)20-7-4-12(5-8-20)15-6-9-22-19-15/h1-3,6,9-10,12,18H,4-5,7-8,11H2. The zero-order chi connectivity index (χ0) is 15.4. The number of hydrogen-bond acceptors (Lipinski definition) is 4. The van der Waals surface area contributed by atoms with Crippen molar-refractivity contribution in [3.8, 4) is 0 Å². The summed E-state index contributed by atoms with van der Waals surface area (Å²) in [5, 5.41) is 7.77. The number of nitrogens with one attached hydrogen (secondary N) is 1. The summed E-state index contributed by atoms with van der Waals surface area (Å²) in [7, 11) is 0. The number of likely N-dealkylation sites (tertiary alicyclic amines) is 1. The van der Waals surface area contributed by atoms with Gasteiger partial charge in [0.25, 0.3) is 0 Å². The molecule has 1 fully saturated rings. The smallest absolute Gasteiger partial charge is 0.241 e. The van der Waals surface area contributed by atoms with Crippen LogP contribution >= 0.6 is 11.6 Å². The predicted molar refractivity (Wildman–Crippen MR) is 85.0 cm³/mol. The van der Waals surface area contributed by atoms with E-state index >= 15 is 0 Å². The number of carbonyl (C=O) groups is 1. The number of amides is 1. The molecule has 2 aromatic rings. The maximum Gasteiger partial charge on any atom is 0.241 e. The average Bonchev–Trinajstić information content (AvgIpc) is 3.07. The van der Waals surface area contributed by atoms with Crippen molar-refractivity contribution in [2.45, 2.75) is 18.8 Å². The minimum Gasteiger partial charge on any atom is -0.376 e. The minimum absolute atomic E-state index is 0.110. The molecule has 5 nitrogen and oxygen atoms in total. The van der Waals surface area contributed by atoms with Crippen molar-refractivity contribution in [1.82, 2.24) is 10.1 Å². The first-order chi connectivity index (χ1) is 10.7. The van der Waals surface area contributed by atoms with Crippen LogP contribution in [0.3, 0.4) is 0 Å². The molecule has 0 spiro atoms. The molecule has 0 bridgehead atoms. The van der Waals surface area contributed by atoms with Gasteiger partial charge >= 0.3 is 0 Å². The van der Waals surface area contributed by atoms with E-state index in [9.17, 15) is 4.79 Å². The van der Waals surface area contributed by atoms with Crippen LogP contribution < -0.4 is 5.32 Å². The van der Waals surface area contributed by atoms with Crippen LogP contribution in [0.2, 0.25) is 5.02 Å². The average molecular weight is 320 g/mol. The van der Waals surface area contributed by atoms with E-state index in [1.807, 2.05) is 35.2 Å². The van der Waals surface area contributed by atoms with E-state index in [-0.39, 0.29) is 12.5 Å². The second-order valence-electron chi connectivity index (χ2n) is 5.44. The van der Waals surface area contributed by atoms with Crippen LogP contribution in [0.25, 0.3) is 0 Å². The molecule has 3 rings (SSSR count). The molecule has 6 heteroatoms. The van der Waals surface area contributed by atoms with Gasteiger partial charge in [-0.3, -0.25) is 4.79 Å². The van der Waals surface area contributed by atoms with Crippen LogP contribution in [-0.4, -0.2) is 35.6 Å². The quantitative estimate of drug-likeness (QED) is 0.940. The highest BCUT2D eigenvalue weighted by atomic mass is 35.5. The Morgan fingerprint density at radius 1 is 1.36 bits per heavy atom.